The molecule has 0 saturated heterocycles. The second-order valence-electron chi connectivity index (χ2n) is 3.43. The summed E-state index contributed by atoms with van der Waals surface area (Å²) in [6, 6.07) is 0. The first-order chi connectivity index (χ1) is 8.90. The van der Waals surface area contributed by atoms with Gasteiger partial charge in [-0.3, -0.25) is 0 Å². The molecule has 0 aromatic heterocycles. The van der Waals surface area contributed by atoms with Crippen LogP contribution in [0.3, 0.4) is 0 Å². The second kappa shape index (κ2) is 5.87. The van der Waals surface area contributed by atoms with Crippen LogP contribution in [0.25, 0.3) is 0 Å². The lowest BCUT2D eigenvalue weighted by molar-refractivity contribution is 1.56. The van der Waals surface area contributed by atoms with E-state index in [4.69, 9.17) is 0 Å². The lowest BCUT2D eigenvalue weighted by Crippen LogP contribution is -1.88. The third kappa shape index (κ3) is 2.61. The molecule has 0 atom stereocenters. The first-order valence-electron chi connectivity index (χ1n) is 5.21. The Morgan fingerprint density at radius 1 is 0.722 bits per heavy atom. The third-order valence-corrected chi connectivity index (χ3v) is 14.0. The van der Waals surface area contributed by atoms with Crippen molar-refractivity contribution in [3.8, 4) is 0 Å². The van der Waals surface area contributed by atoms with Crippen molar-refractivity contribution in [2.75, 3.05) is 17.3 Å². The third-order valence-electron chi connectivity index (χ3n) is 2.26. The van der Waals surface area contributed by atoms with Gasteiger partial charge in [0.15, 0.2) is 5.37 Å². The van der Waals surface area contributed by atoms with Crippen molar-refractivity contribution in [2.45, 2.75) is 0 Å². The highest BCUT2D eigenvalue weighted by molar-refractivity contribution is 8.44. The maximum Gasteiger partial charge on any atom is 0.289 e. The molecule has 0 N–H and O–H groups in total. The van der Waals surface area contributed by atoms with Gasteiger partial charge in [-0.25, -0.2) is 0 Å². The lowest BCUT2D eigenvalue weighted by atomic mass is 11.0. The molecule has 8 heteroatoms. The number of hydrogen-bond donors (Lipinski definition) is 0. The zero-order chi connectivity index (χ0) is 11.9. The van der Waals surface area contributed by atoms with E-state index in [0.29, 0.717) is 0 Å². The molecule has 0 saturated carbocycles. The summed E-state index contributed by atoms with van der Waals surface area (Å²) in [5.74, 6) is 3.70. The van der Waals surface area contributed by atoms with Crippen molar-refractivity contribution in [3.63, 3.8) is 0 Å². The number of rotatable bonds is 0. The van der Waals surface area contributed by atoms with Gasteiger partial charge in [0.05, 0.1) is 22.7 Å². The monoisotopic (exact) mass is 383 g/mol. The van der Waals surface area contributed by atoms with Crippen LogP contribution in [0, 0.1) is 0 Å². The SMILES string of the molecule is C1=[S+]C2=C(SC1)SC(=C1SC3=C(SCCS3)S1)S2. The fraction of sp³-hybridized carbons (Fsp3) is 0.300. The molecular formula is C10H7S8+. The molecule has 0 aliphatic carbocycles. The minimum absolute atomic E-state index is 1.15. The van der Waals surface area contributed by atoms with Crippen LogP contribution in [-0.2, 0) is 11.4 Å². The predicted molar refractivity (Wildman–Crippen MR) is 102 cm³/mol. The highest BCUT2D eigenvalue weighted by Gasteiger charge is 2.36. The molecule has 4 aliphatic rings. The van der Waals surface area contributed by atoms with Crippen LogP contribution >= 0.6 is 82.3 Å². The first-order valence-corrected chi connectivity index (χ1v) is 12.3. The van der Waals surface area contributed by atoms with Crippen LogP contribution in [0.5, 0.6) is 0 Å². The summed E-state index contributed by atoms with van der Waals surface area (Å²) in [6.07, 6.45) is 0. The van der Waals surface area contributed by atoms with Gasteiger partial charge in [0.2, 0.25) is 11.4 Å². The van der Waals surface area contributed by atoms with Crippen molar-refractivity contribution in [3.05, 3.63) is 25.4 Å². The fourth-order valence-corrected chi connectivity index (χ4v) is 13.3. The molecule has 0 aromatic carbocycles. The van der Waals surface area contributed by atoms with E-state index >= 15 is 0 Å². The summed E-state index contributed by atoms with van der Waals surface area (Å²) >= 11 is 16.0. The summed E-state index contributed by atoms with van der Waals surface area (Å²) in [5, 5.41) is 2.31. The minimum Gasteiger partial charge on any atom is -0.116 e. The topological polar surface area (TPSA) is 0 Å². The van der Waals surface area contributed by atoms with E-state index in [9.17, 15) is 0 Å². The van der Waals surface area contributed by atoms with Gasteiger partial charge in [0.25, 0.3) is 4.24 Å². The minimum atomic E-state index is 1.15. The Kier molecular flexibility index (Phi) is 4.38. The van der Waals surface area contributed by atoms with Crippen LogP contribution in [0.4, 0.5) is 0 Å². The van der Waals surface area contributed by atoms with Gasteiger partial charge in [-0.2, -0.15) is 0 Å². The molecule has 0 radical (unpaired) electrons. The van der Waals surface area contributed by atoms with Gasteiger partial charge in [-0.15, -0.1) is 35.3 Å². The van der Waals surface area contributed by atoms with Gasteiger partial charge < -0.3 is 0 Å². The Labute approximate surface area is 140 Å². The van der Waals surface area contributed by atoms with E-state index in [2.05, 4.69) is 5.37 Å². The van der Waals surface area contributed by atoms with E-state index < -0.39 is 0 Å². The Bertz CT molecular complexity index is 506. The van der Waals surface area contributed by atoms with Crippen LogP contribution in [0.2, 0.25) is 0 Å². The molecule has 0 aromatic rings. The number of thioether (sulfide) groups is 7. The maximum atomic E-state index is 2.31. The highest BCUT2D eigenvalue weighted by Crippen LogP contribution is 2.65. The molecule has 0 unspecified atom stereocenters. The second-order valence-corrected chi connectivity index (χ2v) is 13.3. The van der Waals surface area contributed by atoms with Gasteiger partial charge in [0.1, 0.15) is 4.24 Å². The Hall–Kier alpha value is 1.76. The van der Waals surface area contributed by atoms with Crippen LogP contribution in [0.1, 0.15) is 0 Å². The average molecular weight is 384 g/mol. The van der Waals surface area contributed by atoms with Crippen molar-refractivity contribution < 1.29 is 0 Å². The predicted octanol–water partition coefficient (Wildman–Crippen LogP) is 5.44. The summed E-state index contributed by atoms with van der Waals surface area (Å²) in [4.78, 5) is 0. The molecule has 4 heterocycles. The summed E-state index contributed by atoms with van der Waals surface area (Å²) in [7, 11) is 0. The summed E-state index contributed by atoms with van der Waals surface area (Å²) < 4.78 is 9.17. The zero-order valence-electron chi connectivity index (χ0n) is 8.96. The van der Waals surface area contributed by atoms with Gasteiger partial charge in [0, 0.05) is 11.5 Å². The molecule has 4 aliphatic heterocycles. The van der Waals surface area contributed by atoms with Gasteiger partial charge >= 0.3 is 0 Å². The Morgan fingerprint density at radius 3 is 2.11 bits per heavy atom. The molecule has 94 valence electrons. The first kappa shape index (κ1) is 13.4. The fourth-order valence-electron chi connectivity index (χ4n) is 1.54. The summed E-state index contributed by atoms with van der Waals surface area (Å²) in [6.45, 7) is 0. The molecular weight excluding hydrogens is 377 g/mol. The average Bonchev–Trinajstić information content (AvgIpc) is 3.02. The van der Waals surface area contributed by atoms with Crippen molar-refractivity contribution in [1.29, 1.82) is 0 Å². The standard InChI is InChI=1S/C10H7S8/c1-2-12-6-5(11-1)15-9(16-6)10-17-7-8(18-10)14-4-3-13-7/h1H,2-4H2/q+1. The van der Waals surface area contributed by atoms with Crippen LogP contribution in [0.15, 0.2) is 25.4 Å². The van der Waals surface area contributed by atoms with Crippen molar-refractivity contribution >= 4 is 99.1 Å². The maximum absolute atomic E-state index is 2.31. The molecule has 0 bridgehead atoms. The largest absolute Gasteiger partial charge is 0.289 e. The zero-order valence-corrected chi connectivity index (χ0v) is 15.5. The summed E-state index contributed by atoms with van der Waals surface area (Å²) in [5.41, 5.74) is 0. The van der Waals surface area contributed by atoms with Crippen molar-refractivity contribution in [1.82, 2.24) is 0 Å². The molecule has 0 nitrogen and oxygen atoms in total. The van der Waals surface area contributed by atoms with E-state index in [1.54, 1.807) is 8.47 Å². The van der Waals surface area contributed by atoms with E-state index in [0.717, 1.165) is 5.75 Å². The number of hydrogen-bond acceptors (Lipinski definition) is 7. The van der Waals surface area contributed by atoms with Crippen LogP contribution < -0.4 is 0 Å². The van der Waals surface area contributed by atoms with Crippen LogP contribution in [-0.4, -0.2) is 22.6 Å². The molecule has 0 fully saturated rings. The van der Waals surface area contributed by atoms with E-state index in [-0.39, 0.29) is 0 Å². The highest BCUT2D eigenvalue weighted by atomic mass is 32.3. The lowest BCUT2D eigenvalue weighted by Gasteiger charge is -2.08. The Balaban J connectivity index is 1.56. The molecule has 0 spiro atoms. The van der Waals surface area contributed by atoms with E-state index in [1.165, 1.54) is 28.5 Å². The van der Waals surface area contributed by atoms with E-state index in [1.807, 2.05) is 93.7 Å². The Morgan fingerprint density at radius 2 is 1.39 bits per heavy atom. The van der Waals surface area contributed by atoms with Crippen molar-refractivity contribution in [2.24, 2.45) is 0 Å². The normalized spacial score (nSPS) is 27.1. The smallest absolute Gasteiger partial charge is 0.116 e. The molecule has 4 rings (SSSR count). The molecule has 0 amide bonds. The molecule has 18 heavy (non-hydrogen) atoms. The van der Waals surface area contributed by atoms with Gasteiger partial charge in [-0.1, -0.05) is 35.3 Å². The quantitative estimate of drug-likeness (QED) is 0.398. The van der Waals surface area contributed by atoms with Gasteiger partial charge in [-0.05, 0) is 11.8 Å².